The largest absolute Gasteiger partial charge is 0.331 e. The summed E-state index contributed by atoms with van der Waals surface area (Å²) < 4.78 is 2.23. The van der Waals surface area contributed by atoms with E-state index in [1.165, 1.54) is 37.0 Å². The molecule has 1 aromatic carbocycles. The summed E-state index contributed by atoms with van der Waals surface area (Å²) in [6.45, 7) is 0.712. The Labute approximate surface area is 102 Å². The second-order valence-corrected chi connectivity index (χ2v) is 5.17. The summed E-state index contributed by atoms with van der Waals surface area (Å²) in [4.78, 5) is 4.82. The predicted molar refractivity (Wildman–Crippen MR) is 69.9 cm³/mol. The van der Waals surface area contributed by atoms with Gasteiger partial charge in [-0.3, -0.25) is 0 Å². The first-order chi connectivity index (χ1) is 8.27. The molecular weight excluding hydrogens is 210 g/mol. The monoisotopic (exact) mass is 229 g/mol. The highest BCUT2D eigenvalue weighted by Gasteiger charge is 2.38. The molecule has 1 aliphatic carbocycles. The molecule has 90 valence electrons. The van der Waals surface area contributed by atoms with E-state index in [0.717, 1.165) is 5.52 Å². The Kier molecular flexibility index (Phi) is 2.44. The molecule has 2 aromatic rings. The van der Waals surface area contributed by atoms with Gasteiger partial charge in [-0.25, -0.2) is 4.98 Å². The number of para-hydroxylation sites is 2. The van der Waals surface area contributed by atoms with Gasteiger partial charge in [-0.15, -0.1) is 0 Å². The van der Waals surface area contributed by atoms with Crippen LogP contribution in [-0.2, 0) is 12.5 Å². The van der Waals surface area contributed by atoms with Crippen LogP contribution in [0.5, 0.6) is 0 Å². The average Bonchev–Trinajstić information content (AvgIpc) is 2.96. The van der Waals surface area contributed by atoms with Crippen LogP contribution >= 0.6 is 0 Å². The van der Waals surface area contributed by atoms with Crippen LogP contribution < -0.4 is 5.73 Å². The summed E-state index contributed by atoms with van der Waals surface area (Å²) in [5.74, 6) is 1.18. The van der Waals surface area contributed by atoms with Crippen molar-refractivity contribution < 1.29 is 0 Å². The fourth-order valence-electron chi connectivity index (χ4n) is 3.19. The summed E-state index contributed by atoms with van der Waals surface area (Å²) in [5.41, 5.74) is 8.46. The van der Waals surface area contributed by atoms with E-state index >= 15 is 0 Å². The number of nitrogens with zero attached hydrogens (tertiary/aromatic N) is 2. The van der Waals surface area contributed by atoms with Crippen molar-refractivity contribution in [3.05, 3.63) is 30.1 Å². The molecule has 1 fully saturated rings. The van der Waals surface area contributed by atoms with Crippen molar-refractivity contribution in [2.45, 2.75) is 31.1 Å². The van der Waals surface area contributed by atoms with Crippen molar-refractivity contribution in [3.63, 3.8) is 0 Å². The molecule has 0 aliphatic heterocycles. The topological polar surface area (TPSA) is 43.8 Å². The lowest BCUT2D eigenvalue weighted by Crippen LogP contribution is -2.34. The van der Waals surface area contributed by atoms with Gasteiger partial charge in [-0.05, 0) is 25.0 Å². The molecule has 0 bridgehead atoms. The Bertz CT molecular complexity index is 535. The molecule has 2 N–H and O–H groups in total. The molecule has 0 radical (unpaired) electrons. The van der Waals surface area contributed by atoms with Crippen molar-refractivity contribution in [2.24, 2.45) is 12.8 Å². The first-order valence-corrected chi connectivity index (χ1v) is 6.39. The third kappa shape index (κ3) is 1.49. The van der Waals surface area contributed by atoms with Crippen LogP contribution in [-0.4, -0.2) is 16.1 Å². The Morgan fingerprint density at radius 2 is 2.00 bits per heavy atom. The second kappa shape index (κ2) is 3.84. The van der Waals surface area contributed by atoms with Gasteiger partial charge < -0.3 is 10.3 Å². The molecule has 0 spiro atoms. The Morgan fingerprint density at radius 1 is 1.29 bits per heavy atom. The van der Waals surface area contributed by atoms with Crippen LogP contribution in [0.3, 0.4) is 0 Å². The summed E-state index contributed by atoms with van der Waals surface area (Å²) in [7, 11) is 2.11. The number of hydrogen-bond acceptors (Lipinski definition) is 2. The van der Waals surface area contributed by atoms with Crippen molar-refractivity contribution in [3.8, 4) is 0 Å². The van der Waals surface area contributed by atoms with E-state index < -0.39 is 0 Å². The summed E-state index contributed by atoms with van der Waals surface area (Å²) in [6, 6.07) is 8.32. The lowest BCUT2D eigenvalue weighted by atomic mass is 9.85. The van der Waals surface area contributed by atoms with Crippen LogP contribution in [0, 0.1) is 0 Å². The molecule has 3 rings (SSSR count). The van der Waals surface area contributed by atoms with Crippen molar-refractivity contribution in [1.29, 1.82) is 0 Å². The number of aryl methyl sites for hydroxylation is 1. The lowest BCUT2D eigenvalue weighted by Gasteiger charge is -2.26. The van der Waals surface area contributed by atoms with Crippen molar-refractivity contribution in [1.82, 2.24) is 9.55 Å². The third-order valence-electron chi connectivity index (χ3n) is 4.21. The summed E-state index contributed by atoms with van der Waals surface area (Å²) in [6.07, 6.45) is 4.92. The Balaban J connectivity index is 2.19. The third-order valence-corrected chi connectivity index (χ3v) is 4.21. The molecule has 0 atom stereocenters. The number of imidazole rings is 1. The highest BCUT2D eigenvalue weighted by molar-refractivity contribution is 5.76. The van der Waals surface area contributed by atoms with Gasteiger partial charge >= 0.3 is 0 Å². The standard InChI is InChI=1S/C14H19N3/c1-17-12-7-3-2-6-11(12)16-13(17)14(10-15)8-4-5-9-14/h2-3,6-7H,4-5,8-10,15H2,1H3. The van der Waals surface area contributed by atoms with Gasteiger partial charge in [0, 0.05) is 19.0 Å². The molecule has 1 heterocycles. The first-order valence-electron chi connectivity index (χ1n) is 6.39. The van der Waals surface area contributed by atoms with Crippen molar-refractivity contribution in [2.75, 3.05) is 6.54 Å². The van der Waals surface area contributed by atoms with Gasteiger partial charge in [0.1, 0.15) is 5.82 Å². The number of fused-ring (bicyclic) bond motifs is 1. The average molecular weight is 229 g/mol. The van der Waals surface area contributed by atoms with Crippen LogP contribution in [0.1, 0.15) is 31.5 Å². The molecule has 0 unspecified atom stereocenters. The number of aromatic nitrogens is 2. The van der Waals surface area contributed by atoms with E-state index in [0.29, 0.717) is 6.54 Å². The van der Waals surface area contributed by atoms with Crippen LogP contribution in [0.15, 0.2) is 24.3 Å². The number of nitrogens with two attached hydrogens (primary N) is 1. The zero-order chi connectivity index (χ0) is 11.9. The fourth-order valence-corrected chi connectivity index (χ4v) is 3.19. The van der Waals surface area contributed by atoms with Gasteiger partial charge in [0.15, 0.2) is 0 Å². The molecule has 1 aliphatic rings. The van der Waals surface area contributed by atoms with Gasteiger partial charge in [0.25, 0.3) is 0 Å². The fraction of sp³-hybridized carbons (Fsp3) is 0.500. The number of hydrogen-bond donors (Lipinski definition) is 1. The maximum atomic E-state index is 6.04. The normalized spacial score (nSPS) is 18.9. The zero-order valence-electron chi connectivity index (χ0n) is 10.3. The summed E-state index contributed by atoms with van der Waals surface area (Å²) >= 11 is 0. The van der Waals surface area contributed by atoms with Gasteiger partial charge in [-0.2, -0.15) is 0 Å². The number of benzene rings is 1. The quantitative estimate of drug-likeness (QED) is 0.859. The maximum Gasteiger partial charge on any atom is 0.117 e. The van der Waals surface area contributed by atoms with E-state index in [4.69, 9.17) is 10.7 Å². The van der Waals surface area contributed by atoms with Gasteiger partial charge in [0.05, 0.1) is 11.0 Å². The summed E-state index contributed by atoms with van der Waals surface area (Å²) in [5, 5.41) is 0. The van der Waals surface area contributed by atoms with E-state index in [9.17, 15) is 0 Å². The van der Waals surface area contributed by atoms with E-state index in [2.05, 4.69) is 29.8 Å². The predicted octanol–water partition coefficient (Wildman–Crippen LogP) is 2.34. The molecule has 3 heteroatoms. The van der Waals surface area contributed by atoms with Crippen molar-refractivity contribution >= 4 is 11.0 Å². The molecule has 3 nitrogen and oxygen atoms in total. The highest BCUT2D eigenvalue weighted by atomic mass is 15.1. The van der Waals surface area contributed by atoms with E-state index in [1.54, 1.807) is 0 Å². The van der Waals surface area contributed by atoms with E-state index in [-0.39, 0.29) is 5.41 Å². The van der Waals surface area contributed by atoms with Gasteiger partial charge in [-0.1, -0.05) is 25.0 Å². The molecule has 0 saturated heterocycles. The Hall–Kier alpha value is -1.35. The Morgan fingerprint density at radius 3 is 2.65 bits per heavy atom. The maximum absolute atomic E-state index is 6.04. The molecule has 1 aromatic heterocycles. The first kappa shape index (κ1) is 10.8. The molecule has 0 amide bonds. The van der Waals surface area contributed by atoms with Crippen LogP contribution in [0.25, 0.3) is 11.0 Å². The van der Waals surface area contributed by atoms with Gasteiger partial charge in [0.2, 0.25) is 0 Å². The molecule has 1 saturated carbocycles. The highest BCUT2D eigenvalue weighted by Crippen LogP contribution is 2.40. The van der Waals surface area contributed by atoms with Crippen LogP contribution in [0.2, 0.25) is 0 Å². The van der Waals surface area contributed by atoms with Crippen LogP contribution in [0.4, 0.5) is 0 Å². The minimum atomic E-state index is 0.119. The lowest BCUT2D eigenvalue weighted by molar-refractivity contribution is 0.414. The second-order valence-electron chi connectivity index (χ2n) is 5.17. The minimum Gasteiger partial charge on any atom is -0.331 e. The van der Waals surface area contributed by atoms with E-state index in [1.807, 2.05) is 6.07 Å². The molecular formula is C14H19N3. The minimum absolute atomic E-state index is 0.119. The smallest absolute Gasteiger partial charge is 0.117 e. The zero-order valence-corrected chi connectivity index (χ0v) is 10.3. The number of rotatable bonds is 2. The SMILES string of the molecule is Cn1c(C2(CN)CCCC2)nc2ccccc21. The molecule has 17 heavy (non-hydrogen) atoms.